The maximum Gasteiger partial charge on any atom is 0.336 e. The van der Waals surface area contributed by atoms with Crippen molar-refractivity contribution in [1.29, 1.82) is 0 Å². The van der Waals surface area contributed by atoms with Gasteiger partial charge in [0.25, 0.3) is 5.91 Å². The largest absolute Gasteiger partial charge is 0.484 e. The first-order valence-electron chi connectivity index (χ1n) is 9.90. The second-order valence-corrected chi connectivity index (χ2v) is 7.91. The van der Waals surface area contributed by atoms with E-state index in [1.165, 1.54) is 11.6 Å². The third-order valence-corrected chi connectivity index (χ3v) is 5.58. The molecule has 0 bridgehead atoms. The zero-order chi connectivity index (χ0) is 21.1. The van der Waals surface area contributed by atoms with E-state index in [4.69, 9.17) is 20.8 Å². The molecule has 4 rings (SSSR count). The first-order valence-corrected chi connectivity index (χ1v) is 10.3. The molecular formula is C23H23ClN2O4. The SMILES string of the molecule is Cc1cc(=O)oc2ccc(OCC(=O)N3CCN(Cc4ccc(Cl)cc4)CC3)cc12. The van der Waals surface area contributed by atoms with Gasteiger partial charge < -0.3 is 14.1 Å². The van der Waals surface area contributed by atoms with E-state index < -0.39 is 0 Å². The van der Waals surface area contributed by atoms with Crippen LogP contribution in [0.5, 0.6) is 5.75 Å². The molecule has 2 heterocycles. The van der Waals surface area contributed by atoms with Crippen LogP contribution in [0.15, 0.2) is 57.7 Å². The molecule has 1 saturated heterocycles. The molecule has 1 aromatic heterocycles. The average Bonchev–Trinajstić information content (AvgIpc) is 2.74. The highest BCUT2D eigenvalue weighted by Gasteiger charge is 2.21. The Morgan fingerprint density at radius 2 is 1.80 bits per heavy atom. The standard InChI is InChI=1S/C23H23ClN2O4/c1-16-12-23(28)30-21-7-6-19(13-20(16)21)29-15-22(27)26-10-8-25(9-11-26)14-17-2-4-18(24)5-3-17/h2-7,12-13H,8-11,14-15H2,1H3. The molecule has 1 fully saturated rings. The van der Waals surface area contributed by atoms with Crippen LogP contribution in [-0.2, 0) is 11.3 Å². The van der Waals surface area contributed by atoms with Gasteiger partial charge in [-0.05, 0) is 48.4 Å². The van der Waals surface area contributed by atoms with Gasteiger partial charge >= 0.3 is 5.63 Å². The van der Waals surface area contributed by atoms with Crippen molar-refractivity contribution in [1.82, 2.24) is 9.80 Å². The molecule has 6 nitrogen and oxygen atoms in total. The third kappa shape index (κ3) is 4.83. The van der Waals surface area contributed by atoms with Crippen LogP contribution in [0.3, 0.4) is 0 Å². The van der Waals surface area contributed by atoms with E-state index >= 15 is 0 Å². The fourth-order valence-corrected chi connectivity index (χ4v) is 3.75. The van der Waals surface area contributed by atoms with Gasteiger partial charge in [0, 0.05) is 49.2 Å². The highest BCUT2D eigenvalue weighted by molar-refractivity contribution is 6.30. The van der Waals surface area contributed by atoms with E-state index in [1.54, 1.807) is 18.2 Å². The summed E-state index contributed by atoms with van der Waals surface area (Å²) in [6.45, 7) is 5.68. The van der Waals surface area contributed by atoms with E-state index in [9.17, 15) is 9.59 Å². The molecule has 30 heavy (non-hydrogen) atoms. The average molecular weight is 427 g/mol. The lowest BCUT2D eigenvalue weighted by Crippen LogP contribution is -2.49. The van der Waals surface area contributed by atoms with Crippen molar-refractivity contribution in [3.8, 4) is 5.75 Å². The van der Waals surface area contributed by atoms with Crippen LogP contribution in [0, 0.1) is 6.92 Å². The lowest BCUT2D eigenvalue weighted by atomic mass is 10.1. The van der Waals surface area contributed by atoms with Gasteiger partial charge in [0.15, 0.2) is 6.61 Å². The number of carbonyl (C=O) groups excluding carboxylic acids is 1. The summed E-state index contributed by atoms with van der Waals surface area (Å²) in [5.41, 5.74) is 2.16. The summed E-state index contributed by atoms with van der Waals surface area (Å²) in [5, 5.41) is 1.54. The molecule has 0 saturated carbocycles. The minimum atomic E-state index is -0.376. The number of benzene rings is 2. The molecule has 0 unspecified atom stereocenters. The predicted octanol–water partition coefficient (Wildman–Crippen LogP) is 3.48. The van der Waals surface area contributed by atoms with Gasteiger partial charge in [0.2, 0.25) is 0 Å². The Hall–Kier alpha value is -2.83. The van der Waals surface area contributed by atoms with Crippen LogP contribution in [-0.4, -0.2) is 48.5 Å². The molecule has 0 atom stereocenters. The van der Waals surface area contributed by atoms with Gasteiger partial charge in [-0.25, -0.2) is 4.79 Å². The van der Waals surface area contributed by atoms with E-state index in [0.717, 1.165) is 35.6 Å². The molecule has 1 amide bonds. The van der Waals surface area contributed by atoms with Gasteiger partial charge in [-0.2, -0.15) is 0 Å². The zero-order valence-electron chi connectivity index (χ0n) is 16.8. The summed E-state index contributed by atoms with van der Waals surface area (Å²) in [4.78, 5) is 28.2. The first kappa shape index (κ1) is 20.4. The number of carbonyl (C=O) groups is 1. The van der Waals surface area contributed by atoms with E-state index in [2.05, 4.69) is 4.90 Å². The van der Waals surface area contributed by atoms with Crippen molar-refractivity contribution in [3.63, 3.8) is 0 Å². The van der Waals surface area contributed by atoms with Crippen LogP contribution in [0.1, 0.15) is 11.1 Å². The van der Waals surface area contributed by atoms with Gasteiger partial charge in [0.05, 0.1) is 0 Å². The number of hydrogen-bond acceptors (Lipinski definition) is 5. The molecule has 0 spiro atoms. The normalized spacial score (nSPS) is 14.8. The van der Waals surface area contributed by atoms with Crippen LogP contribution in [0.2, 0.25) is 5.02 Å². The summed E-state index contributed by atoms with van der Waals surface area (Å²) in [6.07, 6.45) is 0. The molecule has 3 aromatic rings. The number of rotatable bonds is 5. The number of hydrogen-bond donors (Lipinski definition) is 0. The molecule has 0 radical (unpaired) electrons. The fourth-order valence-electron chi connectivity index (χ4n) is 3.63. The number of halogens is 1. The van der Waals surface area contributed by atoms with Crippen molar-refractivity contribution in [2.45, 2.75) is 13.5 Å². The molecule has 0 N–H and O–H groups in total. The highest BCUT2D eigenvalue weighted by Crippen LogP contribution is 2.22. The van der Waals surface area contributed by atoms with Gasteiger partial charge in [-0.3, -0.25) is 9.69 Å². The lowest BCUT2D eigenvalue weighted by Gasteiger charge is -2.34. The molecule has 0 aliphatic carbocycles. The highest BCUT2D eigenvalue weighted by atomic mass is 35.5. The van der Waals surface area contributed by atoms with Crippen LogP contribution in [0.25, 0.3) is 11.0 Å². The Bertz CT molecular complexity index is 1100. The quantitative estimate of drug-likeness (QED) is 0.584. The van der Waals surface area contributed by atoms with Gasteiger partial charge in [-0.15, -0.1) is 0 Å². The molecular weight excluding hydrogens is 404 g/mol. The van der Waals surface area contributed by atoms with E-state index in [-0.39, 0.29) is 18.1 Å². The van der Waals surface area contributed by atoms with Crippen LogP contribution < -0.4 is 10.4 Å². The molecule has 7 heteroatoms. The third-order valence-electron chi connectivity index (χ3n) is 5.33. The lowest BCUT2D eigenvalue weighted by molar-refractivity contribution is -0.135. The smallest absolute Gasteiger partial charge is 0.336 e. The number of aryl methyl sites for hydroxylation is 1. The monoisotopic (exact) mass is 426 g/mol. The Morgan fingerprint density at radius 3 is 2.53 bits per heavy atom. The van der Waals surface area contributed by atoms with Gasteiger partial charge in [0.1, 0.15) is 11.3 Å². The van der Waals surface area contributed by atoms with E-state index in [0.29, 0.717) is 24.4 Å². The maximum atomic E-state index is 12.6. The summed E-state index contributed by atoms with van der Waals surface area (Å²) < 4.78 is 10.9. The van der Waals surface area contributed by atoms with Crippen molar-refractivity contribution in [2.75, 3.05) is 32.8 Å². The number of ether oxygens (including phenoxy) is 1. The Morgan fingerprint density at radius 1 is 1.07 bits per heavy atom. The second kappa shape index (κ2) is 8.90. The first-order chi connectivity index (χ1) is 14.5. The molecule has 156 valence electrons. The number of amides is 1. The minimum Gasteiger partial charge on any atom is -0.484 e. The summed E-state index contributed by atoms with van der Waals surface area (Å²) >= 11 is 5.94. The van der Waals surface area contributed by atoms with Crippen molar-refractivity contribution < 1.29 is 13.9 Å². The summed E-state index contributed by atoms with van der Waals surface area (Å²) in [7, 11) is 0. The Labute approximate surface area is 179 Å². The van der Waals surface area contributed by atoms with Crippen LogP contribution in [0.4, 0.5) is 0 Å². The summed E-state index contributed by atoms with van der Waals surface area (Å²) in [5.74, 6) is 0.548. The predicted molar refractivity (Wildman–Crippen MR) is 116 cm³/mol. The van der Waals surface area contributed by atoms with Gasteiger partial charge in [-0.1, -0.05) is 23.7 Å². The Kier molecular flexibility index (Phi) is 6.06. The molecule has 2 aromatic carbocycles. The Balaban J connectivity index is 1.29. The van der Waals surface area contributed by atoms with Crippen LogP contribution >= 0.6 is 11.6 Å². The maximum absolute atomic E-state index is 12.6. The number of piperazine rings is 1. The molecule has 1 aliphatic heterocycles. The number of fused-ring (bicyclic) bond motifs is 1. The number of nitrogens with zero attached hydrogens (tertiary/aromatic N) is 2. The minimum absolute atomic E-state index is 0.0154. The van der Waals surface area contributed by atoms with Crippen molar-refractivity contribution in [2.24, 2.45) is 0 Å². The van der Waals surface area contributed by atoms with Crippen molar-refractivity contribution >= 4 is 28.5 Å². The summed E-state index contributed by atoms with van der Waals surface area (Å²) in [6, 6.07) is 14.5. The topological polar surface area (TPSA) is 63.0 Å². The van der Waals surface area contributed by atoms with Crippen molar-refractivity contribution in [3.05, 3.63) is 75.1 Å². The second-order valence-electron chi connectivity index (χ2n) is 7.48. The van der Waals surface area contributed by atoms with E-state index in [1.807, 2.05) is 36.1 Å². The zero-order valence-corrected chi connectivity index (χ0v) is 17.5. The fraction of sp³-hybridized carbons (Fsp3) is 0.304. The molecule has 1 aliphatic rings.